The Morgan fingerprint density at radius 3 is 2.32 bits per heavy atom. The van der Waals surface area contributed by atoms with Crippen LogP contribution in [0.25, 0.3) is 0 Å². The summed E-state index contributed by atoms with van der Waals surface area (Å²) in [5.41, 5.74) is 6.87. The molecule has 0 bridgehead atoms. The number of hydrogen-bond donors (Lipinski definition) is 1. The minimum Gasteiger partial charge on any atom is -0.372 e. The fourth-order valence-corrected chi connectivity index (χ4v) is 2.32. The SMILES string of the molecule is CCN(CC(C)CCCC(C)N)c1ccc(F)cc1. The second-order valence-corrected chi connectivity index (χ2v) is 5.53. The number of nitrogens with zero attached hydrogens (tertiary/aromatic N) is 1. The summed E-state index contributed by atoms with van der Waals surface area (Å²) in [6, 6.07) is 7.06. The average molecular weight is 266 g/mol. The molecule has 0 saturated carbocycles. The molecule has 19 heavy (non-hydrogen) atoms. The maximum atomic E-state index is 12.9. The van der Waals surface area contributed by atoms with E-state index in [9.17, 15) is 4.39 Å². The van der Waals surface area contributed by atoms with Gasteiger partial charge in [-0.2, -0.15) is 0 Å². The number of anilines is 1. The molecule has 0 fully saturated rings. The fourth-order valence-electron chi connectivity index (χ4n) is 2.32. The van der Waals surface area contributed by atoms with Crippen molar-refractivity contribution in [3.63, 3.8) is 0 Å². The standard InChI is InChI=1S/C16H27FN2/c1-4-19(16-10-8-15(17)9-11-16)12-13(2)6-5-7-14(3)18/h8-11,13-14H,4-7,12,18H2,1-3H3. The second-order valence-electron chi connectivity index (χ2n) is 5.53. The van der Waals surface area contributed by atoms with Gasteiger partial charge in [-0.25, -0.2) is 4.39 Å². The Hall–Kier alpha value is -1.09. The number of benzene rings is 1. The summed E-state index contributed by atoms with van der Waals surface area (Å²) in [5, 5.41) is 0. The van der Waals surface area contributed by atoms with E-state index in [0.29, 0.717) is 12.0 Å². The van der Waals surface area contributed by atoms with Crippen LogP contribution < -0.4 is 10.6 Å². The molecule has 0 radical (unpaired) electrons. The zero-order valence-corrected chi connectivity index (χ0v) is 12.4. The molecule has 0 amide bonds. The summed E-state index contributed by atoms with van der Waals surface area (Å²) in [6.45, 7) is 8.43. The number of halogens is 1. The molecular weight excluding hydrogens is 239 g/mol. The summed E-state index contributed by atoms with van der Waals surface area (Å²) < 4.78 is 12.9. The predicted molar refractivity (Wildman–Crippen MR) is 81.0 cm³/mol. The molecule has 0 aliphatic carbocycles. The van der Waals surface area contributed by atoms with E-state index in [1.165, 1.54) is 25.0 Å². The van der Waals surface area contributed by atoms with Gasteiger partial charge in [0.2, 0.25) is 0 Å². The van der Waals surface area contributed by atoms with E-state index in [0.717, 1.165) is 25.2 Å². The zero-order chi connectivity index (χ0) is 14.3. The van der Waals surface area contributed by atoms with Crippen LogP contribution in [0.4, 0.5) is 10.1 Å². The van der Waals surface area contributed by atoms with Crippen molar-refractivity contribution in [2.24, 2.45) is 11.7 Å². The molecule has 1 rings (SSSR count). The molecule has 2 nitrogen and oxygen atoms in total. The van der Waals surface area contributed by atoms with Crippen molar-refractivity contribution < 1.29 is 4.39 Å². The molecule has 1 aromatic rings. The molecule has 2 N–H and O–H groups in total. The zero-order valence-electron chi connectivity index (χ0n) is 12.4. The van der Waals surface area contributed by atoms with Crippen molar-refractivity contribution in [2.75, 3.05) is 18.0 Å². The molecule has 0 saturated heterocycles. The van der Waals surface area contributed by atoms with Crippen molar-refractivity contribution in [3.8, 4) is 0 Å². The number of nitrogens with two attached hydrogens (primary N) is 1. The Morgan fingerprint density at radius 2 is 1.79 bits per heavy atom. The highest BCUT2D eigenvalue weighted by atomic mass is 19.1. The predicted octanol–water partition coefficient (Wildman–Crippen LogP) is 3.81. The van der Waals surface area contributed by atoms with E-state index in [1.807, 2.05) is 12.1 Å². The normalized spacial score (nSPS) is 14.2. The molecule has 0 aliphatic heterocycles. The monoisotopic (exact) mass is 266 g/mol. The van der Waals surface area contributed by atoms with Gasteiger partial charge in [-0.05, 0) is 56.9 Å². The first kappa shape index (κ1) is 16.0. The van der Waals surface area contributed by atoms with Crippen molar-refractivity contribution in [2.45, 2.75) is 46.1 Å². The first-order chi connectivity index (χ1) is 9.02. The lowest BCUT2D eigenvalue weighted by molar-refractivity contribution is 0.475. The van der Waals surface area contributed by atoms with Crippen LogP contribution in [0.15, 0.2) is 24.3 Å². The minimum atomic E-state index is -0.176. The second kappa shape index (κ2) is 8.16. The topological polar surface area (TPSA) is 29.3 Å². The van der Waals surface area contributed by atoms with E-state index in [1.54, 1.807) is 0 Å². The third kappa shape index (κ3) is 6.06. The molecule has 3 heteroatoms. The van der Waals surface area contributed by atoms with E-state index in [4.69, 9.17) is 5.73 Å². The fraction of sp³-hybridized carbons (Fsp3) is 0.625. The Labute approximate surface area is 116 Å². The summed E-state index contributed by atoms with van der Waals surface area (Å²) in [6.07, 6.45) is 3.46. The van der Waals surface area contributed by atoms with Crippen LogP contribution in [0.2, 0.25) is 0 Å². The summed E-state index contributed by atoms with van der Waals surface area (Å²) >= 11 is 0. The molecule has 1 aromatic carbocycles. The maximum absolute atomic E-state index is 12.9. The number of rotatable bonds is 8. The molecule has 0 aliphatic rings. The van der Waals surface area contributed by atoms with Gasteiger partial charge in [-0.15, -0.1) is 0 Å². The van der Waals surface area contributed by atoms with E-state index in [2.05, 4.69) is 25.7 Å². The maximum Gasteiger partial charge on any atom is 0.123 e. The minimum absolute atomic E-state index is 0.176. The van der Waals surface area contributed by atoms with Gasteiger partial charge in [-0.3, -0.25) is 0 Å². The lowest BCUT2D eigenvalue weighted by atomic mass is 10.0. The first-order valence-corrected chi connectivity index (χ1v) is 7.29. The summed E-state index contributed by atoms with van der Waals surface area (Å²) in [4.78, 5) is 2.30. The highest BCUT2D eigenvalue weighted by Crippen LogP contribution is 2.18. The van der Waals surface area contributed by atoms with E-state index >= 15 is 0 Å². The van der Waals surface area contributed by atoms with Crippen LogP contribution in [0, 0.1) is 11.7 Å². The van der Waals surface area contributed by atoms with Crippen LogP contribution >= 0.6 is 0 Å². The number of hydrogen-bond acceptors (Lipinski definition) is 2. The molecular formula is C16H27FN2. The van der Waals surface area contributed by atoms with Crippen molar-refractivity contribution in [1.82, 2.24) is 0 Å². The van der Waals surface area contributed by atoms with E-state index < -0.39 is 0 Å². The van der Waals surface area contributed by atoms with Crippen LogP contribution in [-0.2, 0) is 0 Å². The molecule has 108 valence electrons. The Morgan fingerprint density at radius 1 is 1.16 bits per heavy atom. The van der Waals surface area contributed by atoms with Crippen LogP contribution in [0.3, 0.4) is 0 Å². The lowest BCUT2D eigenvalue weighted by Gasteiger charge is -2.26. The van der Waals surface area contributed by atoms with E-state index in [-0.39, 0.29) is 5.82 Å². The highest BCUT2D eigenvalue weighted by Gasteiger charge is 2.10. The summed E-state index contributed by atoms with van der Waals surface area (Å²) in [7, 11) is 0. The van der Waals surface area contributed by atoms with Gasteiger partial charge in [0.25, 0.3) is 0 Å². The third-order valence-corrected chi connectivity index (χ3v) is 3.46. The van der Waals surface area contributed by atoms with Gasteiger partial charge in [0.1, 0.15) is 5.82 Å². The van der Waals surface area contributed by atoms with Gasteiger partial charge in [-0.1, -0.05) is 13.3 Å². The smallest absolute Gasteiger partial charge is 0.123 e. The molecule has 0 spiro atoms. The van der Waals surface area contributed by atoms with Gasteiger partial charge >= 0.3 is 0 Å². The van der Waals surface area contributed by atoms with Gasteiger partial charge in [0.15, 0.2) is 0 Å². The van der Waals surface area contributed by atoms with Crippen LogP contribution in [-0.4, -0.2) is 19.1 Å². The quantitative estimate of drug-likeness (QED) is 0.775. The van der Waals surface area contributed by atoms with Crippen molar-refractivity contribution in [3.05, 3.63) is 30.1 Å². The van der Waals surface area contributed by atoms with Crippen LogP contribution in [0.5, 0.6) is 0 Å². The largest absolute Gasteiger partial charge is 0.372 e. The van der Waals surface area contributed by atoms with Crippen molar-refractivity contribution >= 4 is 5.69 Å². The summed E-state index contributed by atoms with van der Waals surface area (Å²) in [5.74, 6) is 0.452. The highest BCUT2D eigenvalue weighted by molar-refractivity contribution is 5.46. The molecule has 0 heterocycles. The van der Waals surface area contributed by atoms with Crippen molar-refractivity contribution in [1.29, 1.82) is 0 Å². The third-order valence-electron chi connectivity index (χ3n) is 3.46. The van der Waals surface area contributed by atoms with Gasteiger partial charge in [0, 0.05) is 24.8 Å². The average Bonchev–Trinajstić information content (AvgIpc) is 2.36. The molecule has 2 atom stereocenters. The Kier molecular flexibility index (Phi) is 6.85. The lowest BCUT2D eigenvalue weighted by Crippen LogP contribution is -2.28. The first-order valence-electron chi connectivity index (χ1n) is 7.29. The molecule has 0 aromatic heterocycles. The molecule has 2 unspecified atom stereocenters. The van der Waals surface area contributed by atoms with Crippen LogP contribution in [0.1, 0.15) is 40.0 Å². The Bertz CT molecular complexity index is 348. The Balaban J connectivity index is 2.45. The van der Waals surface area contributed by atoms with Gasteiger partial charge < -0.3 is 10.6 Å². The van der Waals surface area contributed by atoms with Gasteiger partial charge in [0.05, 0.1) is 0 Å².